The van der Waals surface area contributed by atoms with E-state index in [0.29, 0.717) is 23.4 Å². The molecule has 0 aromatic heterocycles. The van der Waals surface area contributed by atoms with Crippen LogP contribution >= 0.6 is 23.2 Å². The third-order valence-electron chi connectivity index (χ3n) is 2.79. The first-order chi connectivity index (χ1) is 7.58. The van der Waals surface area contributed by atoms with Gasteiger partial charge in [-0.15, -0.1) is 0 Å². The van der Waals surface area contributed by atoms with Crippen LogP contribution in [-0.4, -0.2) is 12.5 Å². The lowest BCUT2D eigenvalue weighted by Gasteiger charge is -2.03. The Balaban J connectivity index is 2.03. The number of hydrogen-bond donors (Lipinski definition) is 2. The fourth-order valence-electron chi connectivity index (χ4n) is 1.86. The van der Waals surface area contributed by atoms with E-state index in [9.17, 15) is 0 Å². The molecule has 0 saturated heterocycles. The van der Waals surface area contributed by atoms with E-state index in [1.165, 1.54) is 0 Å². The van der Waals surface area contributed by atoms with Gasteiger partial charge in [-0.1, -0.05) is 29.3 Å². The van der Waals surface area contributed by atoms with E-state index in [0.717, 1.165) is 17.0 Å². The molecule has 1 aromatic rings. The molecule has 0 spiro atoms. The number of hydrogen-bond acceptors (Lipinski definition) is 1. The number of rotatable bonds is 3. The van der Waals surface area contributed by atoms with Crippen LogP contribution < -0.4 is 11.5 Å². The van der Waals surface area contributed by atoms with Crippen LogP contribution in [-0.2, 0) is 0 Å². The van der Waals surface area contributed by atoms with Gasteiger partial charge in [-0.2, -0.15) is 0 Å². The van der Waals surface area contributed by atoms with Gasteiger partial charge in [-0.3, -0.25) is 4.99 Å². The summed E-state index contributed by atoms with van der Waals surface area (Å²) in [5.41, 5.74) is 11.7. The van der Waals surface area contributed by atoms with Crippen molar-refractivity contribution in [2.45, 2.75) is 12.3 Å². The minimum atomic E-state index is 0.146. The largest absolute Gasteiger partial charge is 0.370 e. The van der Waals surface area contributed by atoms with Gasteiger partial charge in [0, 0.05) is 16.6 Å². The van der Waals surface area contributed by atoms with Crippen LogP contribution in [0.4, 0.5) is 0 Å². The molecule has 1 aliphatic carbocycles. The summed E-state index contributed by atoms with van der Waals surface area (Å²) in [6.45, 7) is 0.673. The Morgan fingerprint density at radius 3 is 2.75 bits per heavy atom. The average Bonchev–Trinajstić information content (AvgIpc) is 2.94. The number of aliphatic imine (C=N–C) groups is 1. The SMILES string of the molecule is NC(N)=NCC1CC1c1ccc(Cl)cc1Cl. The molecule has 86 valence electrons. The highest BCUT2D eigenvalue weighted by Gasteiger charge is 2.39. The fourth-order valence-corrected chi connectivity index (χ4v) is 2.40. The second-order valence-corrected chi connectivity index (χ2v) is 4.88. The number of guanidine groups is 1. The molecule has 4 N–H and O–H groups in total. The first-order valence-corrected chi connectivity index (χ1v) is 5.84. The quantitative estimate of drug-likeness (QED) is 0.645. The molecule has 0 bridgehead atoms. The van der Waals surface area contributed by atoms with Crippen molar-refractivity contribution in [3.8, 4) is 0 Å². The molecule has 0 heterocycles. The highest BCUT2D eigenvalue weighted by atomic mass is 35.5. The Morgan fingerprint density at radius 1 is 1.38 bits per heavy atom. The van der Waals surface area contributed by atoms with Gasteiger partial charge >= 0.3 is 0 Å². The molecular formula is C11H13Cl2N3. The maximum Gasteiger partial charge on any atom is 0.185 e. The molecule has 1 aromatic carbocycles. The molecule has 2 rings (SSSR count). The van der Waals surface area contributed by atoms with E-state index >= 15 is 0 Å². The van der Waals surface area contributed by atoms with E-state index in [-0.39, 0.29) is 5.96 Å². The molecule has 1 saturated carbocycles. The maximum absolute atomic E-state index is 6.12. The van der Waals surface area contributed by atoms with E-state index in [4.69, 9.17) is 34.7 Å². The van der Waals surface area contributed by atoms with Crippen molar-refractivity contribution >= 4 is 29.2 Å². The van der Waals surface area contributed by atoms with Gasteiger partial charge in [0.15, 0.2) is 5.96 Å². The van der Waals surface area contributed by atoms with Crippen molar-refractivity contribution in [1.82, 2.24) is 0 Å². The summed E-state index contributed by atoms with van der Waals surface area (Å²) in [5, 5.41) is 1.39. The van der Waals surface area contributed by atoms with Gasteiger partial charge in [-0.25, -0.2) is 0 Å². The van der Waals surface area contributed by atoms with Gasteiger partial charge in [0.2, 0.25) is 0 Å². The number of benzene rings is 1. The highest BCUT2D eigenvalue weighted by molar-refractivity contribution is 6.35. The second-order valence-electron chi connectivity index (χ2n) is 4.03. The minimum absolute atomic E-state index is 0.146. The maximum atomic E-state index is 6.12. The zero-order valence-corrected chi connectivity index (χ0v) is 10.2. The molecule has 2 atom stereocenters. The summed E-state index contributed by atoms with van der Waals surface area (Å²) < 4.78 is 0. The highest BCUT2D eigenvalue weighted by Crippen LogP contribution is 2.49. The second kappa shape index (κ2) is 4.52. The Morgan fingerprint density at radius 2 is 2.12 bits per heavy atom. The van der Waals surface area contributed by atoms with E-state index in [2.05, 4.69) is 4.99 Å². The van der Waals surface area contributed by atoms with Crippen molar-refractivity contribution in [2.24, 2.45) is 22.4 Å². The van der Waals surface area contributed by atoms with Crippen LogP contribution in [0.25, 0.3) is 0 Å². The van der Waals surface area contributed by atoms with Crippen molar-refractivity contribution in [3.05, 3.63) is 33.8 Å². The number of halogens is 2. The normalized spacial score (nSPS) is 22.9. The van der Waals surface area contributed by atoms with Crippen molar-refractivity contribution in [1.29, 1.82) is 0 Å². The van der Waals surface area contributed by atoms with Crippen LogP contribution in [0.2, 0.25) is 10.0 Å². The van der Waals surface area contributed by atoms with E-state index < -0.39 is 0 Å². The molecule has 16 heavy (non-hydrogen) atoms. The minimum Gasteiger partial charge on any atom is -0.370 e. The Labute approximate surface area is 104 Å². The number of nitrogens with two attached hydrogens (primary N) is 2. The van der Waals surface area contributed by atoms with Gasteiger partial charge < -0.3 is 11.5 Å². The third kappa shape index (κ3) is 2.60. The predicted octanol–water partition coefficient (Wildman–Crippen LogP) is 2.37. The summed E-state index contributed by atoms with van der Waals surface area (Å²) in [6.07, 6.45) is 1.08. The summed E-state index contributed by atoms with van der Waals surface area (Å²) >= 11 is 12.0. The average molecular weight is 258 g/mol. The van der Waals surface area contributed by atoms with Crippen molar-refractivity contribution in [2.75, 3.05) is 6.54 Å². The standard InChI is InChI=1S/C11H13Cl2N3/c12-7-1-2-8(10(13)4-7)9-3-6(9)5-16-11(14)15/h1-2,4,6,9H,3,5H2,(H4,14,15,16). The Kier molecular flexibility index (Phi) is 3.26. The van der Waals surface area contributed by atoms with E-state index in [1.54, 1.807) is 6.07 Å². The summed E-state index contributed by atoms with van der Waals surface area (Å²) in [4.78, 5) is 4.01. The van der Waals surface area contributed by atoms with Crippen LogP contribution in [0.15, 0.2) is 23.2 Å². The van der Waals surface area contributed by atoms with Gasteiger partial charge in [-0.05, 0) is 36.0 Å². The Bertz CT molecular complexity index is 427. The molecule has 1 fully saturated rings. The predicted molar refractivity (Wildman–Crippen MR) is 68.0 cm³/mol. The van der Waals surface area contributed by atoms with Gasteiger partial charge in [0.05, 0.1) is 0 Å². The van der Waals surface area contributed by atoms with Gasteiger partial charge in [0.1, 0.15) is 0 Å². The molecule has 1 aliphatic rings. The Hall–Kier alpha value is -0.930. The zero-order chi connectivity index (χ0) is 11.7. The van der Waals surface area contributed by atoms with E-state index in [1.807, 2.05) is 12.1 Å². The molecule has 2 unspecified atom stereocenters. The lowest BCUT2D eigenvalue weighted by molar-refractivity contribution is 0.808. The van der Waals surface area contributed by atoms with Crippen LogP contribution in [0.3, 0.4) is 0 Å². The van der Waals surface area contributed by atoms with Gasteiger partial charge in [0.25, 0.3) is 0 Å². The fraction of sp³-hybridized carbons (Fsp3) is 0.364. The molecule has 0 amide bonds. The topological polar surface area (TPSA) is 64.4 Å². The molecule has 0 aliphatic heterocycles. The smallest absolute Gasteiger partial charge is 0.185 e. The zero-order valence-electron chi connectivity index (χ0n) is 8.66. The summed E-state index contributed by atoms with van der Waals surface area (Å²) in [6, 6.07) is 5.61. The first kappa shape index (κ1) is 11.6. The monoisotopic (exact) mass is 257 g/mol. The van der Waals surface area contributed by atoms with Crippen molar-refractivity contribution in [3.63, 3.8) is 0 Å². The summed E-state index contributed by atoms with van der Waals surface area (Å²) in [5.74, 6) is 1.11. The lowest BCUT2D eigenvalue weighted by Crippen LogP contribution is -2.23. The molecule has 0 radical (unpaired) electrons. The molecular weight excluding hydrogens is 245 g/mol. The molecule has 3 nitrogen and oxygen atoms in total. The molecule has 5 heteroatoms. The van der Waals surface area contributed by atoms with Crippen molar-refractivity contribution < 1.29 is 0 Å². The third-order valence-corrected chi connectivity index (χ3v) is 3.36. The summed E-state index contributed by atoms with van der Waals surface area (Å²) in [7, 11) is 0. The number of nitrogens with zero attached hydrogens (tertiary/aromatic N) is 1. The lowest BCUT2D eigenvalue weighted by atomic mass is 10.1. The van der Waals surface area contributed by atoms with Crippen LogP contribution in [0.1, 0.15) is 17.9 Å². The van der Waals surface area contributed by atoms with Crippen LogP contribution in [0, 0.1) is 5.92 Å². The van der Waals surface area contributed by atoms with Crippen LogP contribution in [0.5, 0.6) is 0 Å². The first-order valence-electron chi connectivity index (χ1n) is 5.08.